The van der Waals surface area contributed by atoms with Crippen molar-refractivity contribution in [2.75, 3.05) is 40.3 Å². The number of amides is 1. The summed E-state index contributed by atoms with van der Waals surface area (Å²) in [5.41, 5.74) is 3.73. The van der Waals surface area contributed by atoms with Crippen LogP contribution in [0.25, 0.3) is 0 Å². The summed E-state index contributed by atoms with van der Waals surface area (Å²) in [5, 5.41) is 9.56. The van der Waals surface area contributed by atoms with Gasteiger partial charge in [0.2, 0.25) is 5.91 Å². The minimum absolute atomic E-state index is 0.166. The van der Waals surface area contributed by atoms with Gasteiger partial charge < -0.3 is 14.9 Å². The molecule has 1 saturated heterocycles. The number of benzene rings is 1. The fourth-order valence-corrected chi connectivity index (χ4v) is 3.65. The lowest BCUT2D eigenvalue weighted by molar-refractivity contribution is -0.130. The molecule has 128 valence electrons. The van der Waals surface area contributed by atoms with Gasteiger partial charge in [0.05, 0.1) is 0 Å². The molecule has 0 aromatic heterocycles. The van der Waals surface area contributed by atoms with Crippen molar-refractivity contribution in [2.24, 2.45) is 11.8 Å². The average Bonchev–Trinajstić information content (AvgIpc) is 2.86. The molecule has 1 aromatic carbocycles. The molecule has 1 aliphatic rings. The molecule has 1 fully saturated rings. The monoisotopic (exact) mass is 318 g/mol. The van der Waals surface area contributed by atoms with Crippen LogP contribution in [-0.4, -0.2) is 61.2 Å². The van der Waals surface area contributed by atoms with Gasteiger partial charge in [0.1, 0.15) is 0 Å². The molecule has 1 heterocycles. The zero-order chi connectivity index (χ0) is 17.0. The maximum absolute atomic E-state index is 12.5. The summed E-state index contributed by atoms with van der Waals surface area (Å²) in [7, 11) is 4.08. The maximum Gasteiger partial charge on any atom is 0.222 e. The first-order valence-corrected chi connectivity index (χ1v) is 8.49. The predicted molar refractivity (Wildman–Crippen MR) is 93.4 cm³/mol. The second kappa shape index (κ2) is 7.93. The minimum Gasteiger partial charge on any atom is -0.396 e. The molecule has 0 radical (unpaired) electrons. The molecule has 2 atom stereocenters. The zero-order valence-corrected chi connectivity index (χ0v) is 14.9. The maximum atomic E-state index is 12.5. The Morgan fingerprint density at radius 3 is 2.35 bits per heavy atom. The Kier molecular flexibility index (Phi) is 6.19. The highest BCUT2D eigenvalue weighted by molar-refractivity contribution is 5.76. The van der Waals surface area contributed by atoms with Crippen LogP contribution in [0.4, 0.5) is 0 Å². The van der Waals surface area contributed by atoms with Crippen LogP contribution < -0.4 is 0 Å². The third kappa shape index (κ3) is 5.05. The van der Waals surface area contributed by atoms with E-state index in [9.17, 15) is 9.90 Å². The number of aliphatic hydroxyl groups is 1. The average molecular weight is 318 g/mol. The van der Waals surface area contributed by atoms with Crippen molar-refractivity contribution in [2.45, 2.75) is 26.7 Å². The van der Waals surface area contributed by atoms with E-state index in [4.69, 9.17) is 0 Å². The molecule has 1 aliphatic heterocycles. The van der Waals surface area contributed by atoms with Gasteiger partial charge in [0.25, 0.3) is 0 Å². The molecule has 0 spiro atoms. The second-order valence-corrected chi connectivity index (χ2v) is 7.26. The molecule has 0 saturated carbocycles. The van der Waals surface area contributed by atoms with E-state index in [1.165, 1.54) is 16.7 Å². The summed E-state index contributed by atoms with van der Waals surface area (Å²) in [4.78, 5) is 16.6. The predicted octanol–water partition coefficient (Wildman–Crippen LogP) is 1.86. The van der Waals surface area contributed by atoms with Crippen LogP contribution in [0.5, 0.6) is 0 Å². The molecule has 1 aromatic rings. The molecule has 1 amide bonds. The highest BCUT2D eigenvalue weighted by atomic mass is 16.3. The Bertz CT molecular complexity index is 522. The first-order valence-electron chi connectivity index (χ1n) is 8.49. The summed E-state index contributed by atoms with van der Waals surface area (Å²) in [5.74, 6) is 0.798. The Morgan fingerprint density at radius 1 is 1.17 bits per heavy atom. The normalized spacial score (nSPS) is 21.2. The Balaban J connectivity index is 1.90. The molecular formula is C19H30N2O2. The summed E-state index contributed by atoms with van der Waals surface area (Å²) in [6, 6.07) is 6.48. The van der Waals surface area contributed by atoms with Crippen LogP contribution in [0.1, 0.15) is 23.1 Å². The van der Waals surface area contributed by atoms with Crippen LogP contribution in [0.3, 0.4) is 0 Å². The van der Waals surface area contributed by atoms with Crippen LogP contribution >= 0.6 is 0 Å². The number of hydrogen-bond donors (Lipinski definition) is 1. The van der Waals surface area contributed by atoms with Gasteiger partial charge >= 0.3 is 0 Å². The molecule has 4 heteroatoms. The topological polar surface area (TPSA) is 43.8 Å². The number of aryl methyl sites for hydroxylation is 3. The summed E-state index contributed by atoms with van der Waals surface area (Å²) >= 11 is 0. The van der Waals surface area contributed by atoms with Gasteiger partial charge in [-0.3, -0.25) is 4.79 Å². The Morgan fingerprint density at radius 2 is 1.78 bits per heavy atom. The van der Waals surface area contributed by atoms with Gasteiger partial charge in [0, 0.05) is 38.6 Å². The summed E-state index contributed by atoms with van der Waals surface area (Å²) in [6.45, 7) is 6.74. The third-order valence-corrected chi connectivity index (χ3v) is 4.67. The quantitative estimate of drug-likeness (QED) is 0.871. The first kappa shape index (κ1) is 18.0. The fourth-order valence-electron chi connectivity index (χ4n) is 3.65. The van der Waals surface area contributed by atoms with Crippen molar-refractivity contribution in [1.29, 1.82) is 0 Å². The molecular weight excluding hydrogens is 288 g/mol. The first-order chi connectivity index (χ1) is 10.9. The van der Waals surface area contributed by atoms with Gasteiger partial charge in [0.15, 0.2) is 0 Å². The van der Waals surface area contributed by atoms with Crippen molar-refractivity contribution in [3.8, 4) is 0 Å². The van der Waals surface area contributed by atoms with Crippen molar-refractivity contribution in [3.63, 3.8) is 0 Å². The van der Waals surface area contributed by atoms with Crippen LogP contribution in [0.2, 0.25) is 0 Å². The molecule has 2 rings (SSSR count). The van der Waals surface area contributed by atoms with Crippen LogP contribution in [0.15, 0.2) is 18.2 Å². The number of nitrogens with zero attached hydrogens (tertiary/aromatic N) is 2. The van der Waals surface area contributed by atoms with E-state index in [2.05, 4.69) is 36.9 Å². The zero-order valence-electron chi connectivity index (χ0n) is 14.9. The number of rotatable bonds is 6. The van der Waals surface area contributed by atoms with Gasteiger partial charge in [-0.2, -0.15) is 0 Å². The van der Waals surface area contributed by atoms with E-state index in [-0.39, 0.29) is 18.4 Å². The van der Waals surface area contributed by atoms with Crippen molar-refractivity contribution >= 4 is 5.91 Å². The molecule has 0 unspecified atom stereocenters. The number of hydrogen-bond acceptors (Lipinski definition) is 3. The fraction of sp³-hybridized carbons (Fsp3) is 0.632. The van der Waals surface area contributed by atoms with E-state index in [0.717, 1.165) is 19.5 Å². The van der Waals surface area contributed by atoms with Crippen molar-refractivity contribution in [1.82, 2.24) is 9.80 Å². The van der Waals surface area contributed by atoms with Crippen LogP contribution in [0, 0.1) is 25.7 Å². The van der Waals surface area contributed by atoms with E-state index in [0.29, 0.717) is 18.9 Å². The highest BCUT2D eigenvalue weighted by Gasteiger charge is 2.34. The number of carbonyl (C=O) groups is 1. The minimum atomic E-state index is 0.166. The Hall–Kier alpha value is -1.39. The van der Waals surface area contributed by atoms with Gasteiger partial charge in [-0.25, -0.2) is 0 Å². The molecule has 0 aliphatic carbocycles. The van der Waals surface area contributed by atoms with E-state index >= 15 is 0 Å². The smallest absolute Gasteiger partial charge is 0.222 e. The van der Waals surface area contributed by atoms with Crippen LogP contribution in [-0.2, 0) is 11.2 Å². The molecule has 0 bridgehead atoms. The van der Waals surface area contributed by atoms with Gasteiger partial charge in [-0.05, 0) is 45.8 Å². The van der Waals surface area contributed by atoms with Crippen molar-refractivity contribution in [3.05, 3.63) is 34.9 Å². The number of likely N-dealkylation sites (tertiary alicyclic amines) is 1. The van der Waals surface area contributed by atoms with E-state index < -0.39 is 0 Å². The van der Waals surface area contributed by atoms with Gasteiger partial charge in [-0.15, -0.1) is 0 Å². The largest absolute Gasteiger partial charge is 0.396 e. The lowest BCUT2D eigenvalue weighted by atomic mass is 9.97. The van der Waals surface area contributed by atoms with Crippen molar-refractivity contribution < 1.29 is 9.90 Å². The lowest BCUT2D eigenvalue weighted by Crippen LogP contribution is -2.30. The highest BCUT2D eigenvalue weighted by Crippen LogP contribution is 2.24. The molecule has 23 heavy (non-hydrogen) atoms. The van der Waals surface area contributed by atoms with Gasteiger partial charge in [-0.1, -0.05) is 29.3 Å². The third-order valence-electron chi connectivity index (χ3n) is 4.67. The SMILES string of the molecule is Cc1cc(C)cc(CCC(=O)N2C[C@@H](CN(C)C)[C@@H](CO)C2)c1. The molecule has 1 N–H and O–H groups in total. The molecule has 4 nitrogen and oxygen atoms in total. The standard InChI is InChI=1S/C19H30N2O2/c1-14-7-15(2)9-16(8-14)5-6-19(23)21-11-17(10-20(3)4)18(12-21)13-22/h7-9,17-18,22H,5-6,10-13H2,1-4H3/t17-,18-/m1/s1. The van der Waals surface area contributed by atoms with E-state index in [1.807, 2.05) is 19.0 Å². The Labute approximate surface area is 140 Å². The summed E-state index contributed by atoms with van der Waals surface area (Å²) < 4.78 is 0. The number of carbonyl (C=O) groups excluding carboxylic acids is 1. The second-order valence-electron chi connectivity index (χ2n) is 7.26. The van der Waals surface area contributed by atoms with E-state index in [1.54, 1.807) is 0 Å². The number of aliphatic hydroxyl groups excluding tert-OH is 1. The summed E-state index contributed by atoms with van der Waals surface area (Å²) in [6.07, 6.45) is 1.34. The lowest BCUT2D eigenvalue weighted by Gasteiger charge is -2.20.